The summed E-state index contributed by atoms with van der Waals surface area (Å²) in [6.45, 7) is 1.07. The molecule has 2 amide bonds. The van der Waals surface area contributed by atoms with E-state index in [0.29, 0.717) is 13.1 Å². The number of amides is 2. The van der Waals surface area contributed by atoms with Gasteiger partial charge in [-0.15, -0.1) is 0 Å². The molecule has 0 atom stereocenters. The van der Waals surface area contributed by atoms with Crippen LogP contribution in [0.5, 0.6) is 0 Å². The molecule has 0 unspecified atom stereocenters. The number of nitrogens with one attached hydrogen (secondary N) is 2. The highest BCUT2D eigenvalue weighted by Crippen LogP contribution is 2.19. The van der Waals surface area contributed by atoms with Gasteiger partial charge in [-0.2, -0.15) is 0 Å². The van der Waals surface area contributed by atoms with Crippen molar-refractivity contribution < 1.29 is 9.21 Å². The first-order valence-electron chi connectivity index (χ1n) is 8.35. The van der Waals surface area contributed by atoms with Crippen molar-refractivity contribution in [2.45, 2.75) is 19.4 Å². The maximum Gasteiger partial charge on any atom is 0.315 e. The van der Waals surface area contributed by atoms with Gasteiger partial charge in [0, 0.05) is 31.0 Å². The SMILES string of the molecule is O=C(NCCCc1ccccc1)NCc1cncc(-c2ccco2)c1. The van der Waals surface area contributed by atoms with Crippen molar-refractivity contribution in [2.24, 2.45) is 0 Å². The molecule has 0 saturated heterocycles. The average molecular weight is 335 g/mol. The zero-order valence-corrected chi connectivity index (χ0v) is 13.9. The molecule has 1 aromatic carbocycles. The van der Waals surface area contributed by atoms with Gasteiger partial charge >= 0.3 is 6.03 Å². The number of urea groups is 1. The zero-order chi connectivity index (χ0) is 17.3. The van der Waals surface area contributed by atoms with Gasteiger partial charge in [0.15, 0.2) is 0 Å². The van der Waals surface area contributed by atoms with Crippen molar-refractivity contribution in [2.75, 3.05) is 6.54 Å². The molecular formula is C20H21N3O2. The first kappa shape index (κ1) is 16.8. The summed E-state index contributed by atoms with van der Waals surface area (Å²) in [7, 11) is 0. The third kappa shape index (κ3) is 5.21. The summed E-state index contributed by atoms with van der Waals surface area (Å²) < 4.78 is 5.36. The quantitative estimate of drug-likeness (QED) is 0.646. The number of rotatable bonds is 7. The fourth-order valence-electron chi connectivity index (χ4n) is 2.55. The largest absolute Gasteiger partial charge is 0.464 e. The highest BCUT2D eigenvalue weighted by atomic mass is 16.3. The molecule has 0 fully saturated rings. The van der Waals surface area contributed by atoms with Crippen molar-refractivity contribution >= 4 is 6.03 Å². The predicted molar refractivity (Wildman–Crippen MR) is 96.9 cm³/mol. The van der Waals surface area contributed by atoms with Crippen LogP contribution >= 0.6 is 0 Å². The minimum absolute atomic E-state index is 0.170. The first-order valence-corrected chi connectivity index (χ1v) is 8.35. The number of pyridine rings is 1. The van der Waals surface area contributed by atoms with E-state index in [0.717, 1.165) is 29.7 Å². The van der Waals surface area contributed by atoms with Crippen LogP contribution in [0.4, 0.5) is 4.79 Å². The first-order chi connectivity index (χ1) is 12.3. The average Bonchev–Trinajstić information content (AvgIpc) is 3.19. The molecule has 2 heterocycles. The molecule has 5 nitrogen and oxygen atoms in total. The molecule has 2 N–H and O–H groups in total. The highest BCUT2D eigenvalue weighted by Gasteiger charge is 2.04. The molecule has 3 aromatic rings. The molecule has 0 aliphatic carbocycles. The normalized spacial score (nSPS) is 10.4. The topological polar surface area (TPSA) is 67.2 Å². The summed E-state index contributed by atoms with van der Waals surface area (Å²) in [6, 6.07) is 15.8. The number of carbonyl (C=O) groups excluding carboxylic acids is 1. The molecule has 3 rings (SSSR count). The van der Waals surface area contributed by atoms with Crippen molar-refractivity contribution in [3.05, 3.63) is 78.3 Å². The number of furan rings is 1. The Morgan fingerprint density at radius 3 is 2.68 bits per heavy atom. The summed E-state index contributed by atoms with van der Waals surface area (Å²) in [5.41, 5.74) is 3.10. The monoisotopic (exact) mass is 335 g/mol. The van der Waals surface area contributed by atoms with Gasteiger partial charge in [-0.3, -0.25) is 4.98 Å². The van der Waals surface area contributed by atoms with E-state index in [4.69, 9.17) is 4.42 Å². The minimum Gasteiger partial charge on any atom is -0.464 e. The number of hydrogen-bond donors (Lipinski definition) is 2. The molecular weight excluding hydrogens is 314 g/mol. The molecule has 0 bridgehead atoms. The van der Waals surface area contributed by atoms with Gasteiger partial charge in [-0.25, -0.2) is 4.79 Å². The van der Waals surface area contributed by atoms with Gasteiger partial charge in [0.25, 0.3) is 0 Å². The Morgan fingerprint density at radius 2 is 1.88 bits per heavy atom. The molecule has 25 heavy (non-hydrogen) atoms. The number of hydrogen-bond acceptors (Lipinski definition) is 3. The predicted octanol–water partition coefficient (Wildman–Crippen LogP) is 3.77. The van der Waals surface area contributed by atoms with Crippen LogP contribution in [0, 0.1) is 0 Å². The van der Waals surface area contributed by atoms with Crippen LogP contribution in [-0.4, -0.2) is 17.6 Å². The van der Waals surface area contributed by atoms with Gasteiger partial charge in [0.2, 0.25) is 0 Å². The molecule has 128 valence electrons. The van der Waals surface area contributed by atoms with E-state index in [2.05, 4.69) is 27.8 Å². The van der Waals surface area contributed by atoms with E-state index in [9.17, 15) is 4.79 Å². The zero-order valence-electron chi connectivity index (χ0n) is 13.9. The van der Waals surface area contributed by atoms with Crippen LogP contribution in [0.2, 0.25) is 0 Å². The van der Waals surface area contributed by atoms with E-state index in [1.165, 1.54) is 5.56 Å². The van der Waals surface area contributed by atoms with Gasteiger partial charge in [-0.1, -0.05) is 30.3 Å². The van der Waals surface area contributed by atoms with Crippen LogP contribution in [0.15, 0.2) is 71.6 Å². The molecule has 0 aliphatic heterocycles. The van der Waals surface area contributed by atoms with E-state index < -0.39 is 0 Å². The number of carbonyl (C=O) groups is 1. The number of benzene rings is 1. The molecule has 5 heteroatoms. The number of aryl methyl sites for hydroxylation is 1. The molecule has 2 aromatic heterocycles. The van der Waals surface area contributed by atoms with Gasteiger partial charge in [-0.05, 0) is 42.2 Å². The fourth-order valence-corrected chi connectivity index (χ4v) is 2.55. The van der Waals surface area contributed by atoms with Crippen LogP contribution in [-0.2, 0) is 13.0 Å². The van der Waals surface area contributed by atoms with Crippen LogP contribution in [0.25, 0.3) is 11.3 Å². The summed E-state index contributed by atoms with van der Waals surface area (Å²) in [5.74, 6) is 0.764. The summed E-state index contributed by atoms with van der Waals surface area (Å²) in [5, 5.41) is 5.73. The minimum atomic E-state index is -0.170. The van der Waals surface area contributed by atoms with Crippen LogP contribution in [0.1, 0.15) is 17.5 Å². The standard InChI is InChI=1S/C20H21N3O2/c24-20(22-10-4-8-16-6-2-1-3-7-16)23-14-17-12-18(15-21-13-17)19-9-5-11-25-19/h1-3,5-7,9,11-13,15H,4,8,10,14H2,(H2,22,23,24). The smallest absolute Gasteiger partial charge is 0.315 e. The lowest BCUT2D eigenvalue weighted by Crippen LogP contribution is -2.35. The lowest BCUT2D eigenvalue weighted by molar-refractivity contribution is 0.240. The van der Waals surface area contributed by atoms with E-state index in [1.54, 1.807) is 18.7 Å². The van der Waals surface area contributed by atoms with Crippen molar-refractivity contribution in [1.29, 1.82) is 0 Å². The van der Waals surface area contributed by atoms with Crippen molar-refractivity contribution in [3.8, 4) is 11.3 Å². The second-order valence-electron chi connectivity index (χ2n) is 5.76. The second-order valence-corrected chi connectivity index (χ2v) is 5.76. The Balaban J connectivity index is 1.39. The second kappa shape index (κ2) is 8.68. The lowest BCUT2D eigenvalue weighted by Gasteiger charge is -2.08. The Kier molecular flexibility index (Phi) is 5.82. The van der Waals surface area contributed by atoms with Gasteiger partial charge in [0.1, 0.15) is 5.76 Å². The summed E-state index contributed by atoms with van der Waals surface area (Å²) >= 11 is 0. The number of aromatic nitrogens is 1. The maximum atomic E-state index is 11.9. The fraction of sp³-hybridized carbons (Fsp3) is 0.200. The molecule has 0 radical (unpaired) electrons. The molecule has 0 spiro atoms. The van der Waals surface area contributed by atoms with Crippen LogP contribution < -0.4 is 10.6 Å². The van der Waals surface area contributed by atoms with Crippen LogP contribution in [0.3, 0.4) is 0 Å². The third-order valence-corrected chi connectivity index (χ3v) is 3.82. The molecule has 0 saturated carbocycles. The van der Waals surface area contributed by atoms with Gasteiger partial charge in [0.05, 0.1) is 6.26 Å². The van der Waals surface area contributed by atoms with Crippen molar-refractivity contribution in [1.82, 2.24) is 15.6 Å². The molecule has 0 aliphatic rings. The lowest BCUT2D eigenvalue weighted by atomic mass is 10.1. The van der Waals surface area contributed by atoms with Crippen molar-refractivity contribution in [3.63, 3.8) is 0 Å². The van der Waals surface area contributed by atoms with E-state index in [-0.39, 0.29) is 6.03 Å². The highest BCUT2D eigenvalue weighted by molar-refractivity contribution is 5.73. The van der Waals surface area contributed by atoms with E-state index >= 15 is 0 Å². The Bertz CT molecular complexity index is 786. The summed E-state index contributed by atoms with van der Waals surface area (Å²) in [4.78, 5) is 16.1. The number of nitrogens with zero attached hydrogens (tertiary/aromatic N) is 1. The maximum absolute atomic E-state index is 11.9. The third-order valence-electron chi connectivity index (χ3n) is 3.82. The van der Waals surface area contributed by atoms with Gasteiger partial charge < -0.3 is 15.1 Å². The Labute approximate surface area is 147 Å². The summed E-state index contributed by atoms with van der Waals surface area (Å²) in [6.07, 6.45) is 6.97. The van der Waals surface area contributed by atoms with E-state index in [1.807, 2.05) is 36.4 Å². The Hall–Kier alpha value is -3.08. The Morgan fingerprint density at radius 1 is 1.00 bits per heavy atom.